The number of benzene rings is 1. The summed E-state index contributed by atoms with van der Waals surface area (Å²) in [6.07, 6.45) is 25.2. The van der Waals surface area contributed by atoms with Crippen LogP contribution in [0.3, 0.4) is 0 Å². The van der Waals surface area contributed by atoms with Gasteiger partial charge in [0.25, 0.3) is 0 Å². The van der Waals surface area contributed by atoms with E-state index >= 15 is 0 Å². The normalized spacial score (nSPS) is 16.4. The minimum Gasteiger partial charge on any atom is -1.00 e. The molecular weight excluding hydrogens is 505 g/mol. The van der Waals surface area contributed by atoms with Gasteiger partial charge in [0.15, 0.2) is 0 Å². The molecule has 30 heavy (non-hydrogen) atoms. The number of halogens is 2. The summed E-state index contributed by atoms with van der Waals surface area (Å²) < 4.78 is 2.61. The van der Waals surface area contributed by atoms with E-state index in [0.29, 0.717) is 0 Å². The first kappa shape index (κ1) is 28.4. The fraction of sp³-hybridized carbons (Fsp3) is 0.538. The molecule has 1 unspecified atom stereocenters. The van der Waals surface area contributed by atoms with Gasteiger partial charge in [-0.3, -0.25) is 0 Å². The van der Waals surface area contributed by atoms with Gasteiger partial charge in [0.2, 0.25) is 0 Å². The summed E-state index contributed by atoms with van der Waals surface area (Å²) in [6, 6.07) is 9.32. The van der Waals surface area contributed by atoms with Crippen LogP contribution in [0.4, 0.5) is 0 Å². The molecule has 0 N–H and O–H groups in total. The standard InChI is InChI=1S/C21H32P.C5H5.2ClH.Zr/c1-3-5-7-11-15-22(16-12-8-6-4-2)21-17-19-13-9-10-14-20(19)18-21;1-2-4-5-3-1;;;/h9-10,13-14,17-18H,3-8,11-12,15-16H2,1-2H3;1-3H,4H2;2*1H;/q;;;;+2/p-2. The van der Waals surface area contributed by atoms with Gasteiger partial charge in [-0.1, -0.05) is 0 Å². The van der Waals surface area contributed by atoms with Crippen molar-refractivity contribution in [2.45, 2.75) is 75.3 Å². The second-order valence-corrected chi connectivity index (χ2v) is 14.4. The van der Waals surface area contributed by atoms with Crippen molar-refractivity contribution in [1.29, 1.82) is 0 Å². The number of hydrogen-bond acceptors (Lipinski definition) is 0. The Kier molecular flexibility index (Phi) is 15.2. The summed E-state index contributed by atoms with van der Waals surface area (Å²) >= 11 is -0.587. The number of unbranched alkanes of at least 4 members (excludes halogenated alkanes) is 6. The molecule has 0 heterocycles. The molecule has 1 aromatic rings. The van der Waals surface area contributed by atoms with Crippen molar-refractivity contribution in [3.8, 4) is 0 Å². The van der Waals surface area contributed by atoms with E-state index in [1.807, 2.05) is 5.31 Å². The molecular formula is C26H37Cl2PZr. The van der Waals surface area contributed by atoms with Gasteiger partial charge in [-0.25, -0.2) is 0 Å². The van der Waals surface area contributed by atoms with Gasteiger partial charge in [0.05, 0.1) is 0 Å². The Morgan fingerprint density at radius 2 is 1.57 bits per heavy atom. The first-order chi connectivity index (χ1) is 13.8. The van der Waals surface area contributed by atoms with Crippen molar-refractivity contribution in [2.75, 3.05) is 12.3 Å². The van der Waals surface area contributed by atoms with E-state index in [1.54, 1.807) is 14.4 Å². The zero-order valence-electron chi connectivity index (χ0n) is 18.7. The molecule has 3 rings (SSSR count). The van der Waals surface area contributed by atoms with Gasteiger partial charge in [0, 0.05) is 0 Å². The minimum absolute atomic E-state index is 0. The van der Waals surface area contributed by atoms with Crippen LogP contribution in [0, 0.1) is 0 Å². The molecule has 0 amide bonds. The van der Waals surface area contributed by atoms with Crippen molar-refractivity contribution in [1.82, 2.24) is 0 Å². The summed E-state index contributed by atoms with van der Waals surface area (Å²) in [5.41, 5.74) is 3.22. The molecule has 4 heteroatoms. The molecule has 2 aliphatic carbocycles. The number of rotatable bonds is 13. The smallest absolute Gasteiger partial charge is 1.00 e. The summed E-state index contributed by atoms with van der Waals surface area (Å²) in [4.78, 5) is 0. The first-order valence-corrected chi connectivity index (χ1v) is 15.9. The second kappa shape index (κ2) is 16.0. The van der Waals surface area contributed by atoms with E-state index in [9.17, 15) is 0 Å². The molecule has 0 radical (unpaired) electrons. The molecule has 0 spiro atoms. The van der Waals surface area contributed by atoms with Crippen LogP contribution in [0.1, 0.15) is 86.4 Å². The Morgan fingerprint density at radius 1 is 0.900 bits per heavy atom. The summed E-state index contributed by atoms with van der Waals surface area (Å²) in [7, 11) is 0.0551. The van der Waals surface area contributed by atoms with Crippen LogP contribution >= 0.6 is 7.92 Å². The predicted molar refractivity (Wildman–Crippen MR) is 124 cm³/mol. The predicted octanol–water partition coefficient (Wildman–Crippen LogP) is 2.66. The molecule has 164 valence electrons. The van der Waals surface area contributed by atoms with Crippen molar-refractivity contribution in [2.24, 2.45) is 0 Å². The Morgan fingerprint density at radius 3 is 2.17 bits per heavy atom. The maximum atomic E-state index is 2.65. The maximum Gasteiger partial charge on any atom is -1.00 e. The van der Waals surface area contributed by atoms with Crippen LogP contribution in [-0.4, -0.2) is 12.3 Å². The summed E-state index contributed by atoms with van der Waals surface area (Å²) in [5, 5.41) is 1.89. The van der Waals surface area contributed by atoms with Gasteiger partial charge < -0.3 is 24.8 Å². The Hall–Kier alpha value is 0.333. The molecule has 0 bridgehead atoms. The molecule has 0 nitrogen and oxygen atoms in total. The van der Waals surface area contributed by atoms with Crippen molar-refractivity contribution >= 4 is 14.0 Å². The van der Waals surface area contributed by atoms with Crippen LogP contribution in [0.2, 0.25) is 0 Å². The van der Waals surface area contributed by atoms with E-state index in [0.717, 1.165) is 3.63 Å². The molecule has 2 aliphatic rings. The maximum absolute atomic E-state index is 2.65. The largest absolute Gasteiger partial charge is 1.00 e. The zero-order valence-corrected chi connectivity index (χ0v) is 23.5. The Bertz CT molecular complexity index is 699. The van der Waals surface area contributed by atoms with Crippen molar-refractivity contribution in [3.63, 3.8) is 0 Å². The third-order valence-electron chi connectivity index (χ3n) is 5.94. The Balaban J connectivity index is 0.00000225. The second-order valence-electron chi connectivity index (χ2n) is 8.21. The van der Waals surface area contributed by atoms with E-state index in [4.69, 9.17) is 0 Å². The van der Waals surface area contributed by atoms with E-state index < -0.39 is 23.2 Å². The third kappa shape index (κ3) is 8.36. The molecule has 0 aliphatic heterocycles. The van der Waals surface area contributed by atoms with E-state index in [2.05, 4.69) is 62.4 Å². The third-order valence-corrected chi connectivity index (χ3v) is 13.4. The van der Waals surface area contributed by atoms with Crippen LogP contribution < -0.4 is 24.8 Å². The van der Waals surface area contributed by atoms with Gasteiger partial charge >= 0.3 is 187 Å². The van der Waals surface area contributed by atoms with Crippen LogP contribution in [-0.2, 0) is 23.2 Å². The molecule has 0 saturated heterocycles. The van der Waals surface area contributed by atoms with Gasteiger partial charge in [0.1, 0.15) is 0 Å². The topological polar surface area (TPSA) is 0 Å². The van der Waals surface area contributed by atoms with Gasteiger partial charge in [-0.2, -0.15) is 0 Å². The quantitative estimate of drug-likeness (QED) is 0.266. The molecule has 1 atom stereocenters. The van der Waals surface area contributed by atoms with Crippen LogP contribution in [0.5, 0.6) is 0 Å². The number of allylic oxidation sites excluding steroid dienone is 5. The van der Waals surface area contributed by atoms with E-state index in [-0.39, 0.29) is 32.7 Å². The van der Waals surface area contributed by atoms with Gasteiger partial charge in [-0.15, -0.1) is 0 Å². The minimum atomic E-state index is -0.587. The molecule has 1 aromatic carbocycles. The molecule has 0 fully saturated rings. The first-order valence-electron chi connectivity index (χ1n) is 11.5. The SMILES string of the molecule is CCCCCCP(CCCCCC)C1=Cc2ccccc2[CH]1[Zr+2][C]1=CC=CC1.[Cl-].[Cl-]. The van der Waals surface area contributed by atoms with E-state index in [1.165, 1.54) is 70.1 Å². The van der Waals surface area contributed by atoms with Crippen molar-refractivity contribution < 1.29 is 48.0 Å². The fourth-order valence-corrected chi connectivity index (χ4v) is 12.4. The zero-order chi connectivity index (χ0) is 19.6. The monoisotopic (exact) mass is 540 g/mol. The Labute approximate surface area is 210 Å². The van der Waals surface area contributed by atoms with Crippen LogP contribution in [0.25, 0.3) is 6.08 Å². The van der Waals surface area contributed by atoms with Crippen LogP contribution in [0.15, 0.2) is 51.1 Å². The van der Waals surface area contributed by atoms with Gasteiger partial charge in [-0.05, 0) is 0 Å². The number of hydrogen-bond donors (Lipinski definition) is 0. The average Bonchev–Trinajstić information content (AvgIpc) is 3.35. The number of fused-ring (bicyclic) bond motifs is 1. The molecule has 0 aromatic heterocycles. The fourth-order valence-electron chi connectivity index (χ4n) is 4.30. The van der Waals surface area contributed by atoms with Crippen molar-refractivity contribution in [3.05, 3.63) is 62.2 Å². The summed E-state index contributed by atoms with van der Waals surface area (Å²) in [5.74, 6) is 0. The summed E-state index contributed by atoms with van der Waals surface area (Å²) in [6.45, 7) is 4.66. The molecule has 0 saturated carbocycles. The average molecular weight is 543 g/mol.